The van der Waals surface area contributed by atoms with Crippen LogP contribution in [-0.2, 0) is 11.3 Å². The molecule has 2 atom stereocenters. The largest absolute Gasteiger partial charge is 0.374 e. The maximum atomic E-state index is 6.37. The Labute approximate surface area is 119 Å². The minimum absolute atomic E-state index is 0.0153. The maximum Gasteiger partial charge on any atom is 0.0910 e. The lowest BCUT2D eigenvalue weighted by Crippen LogP contribution is -2.47. The first kappa shape index (κ1) is 14.8. The molecule has 19 heavy (non-hydrogen) atoms. The molecular formula is C13H23ClN4O. The molecule has 6 heteroatoms. The fourth-order valence-corrected chi connectivity index (χ4v) is 2.77. The number of nitrogens with two attached hydrogens (primary N) is 1. The Kier molecular flexibility index (Phi) is 5.21. The summed E-state index contributed by atoms with van der Waals surface area (Å²) in [5, 5.41) is 4.93. The summed E-state index contributed by atoms with van der Waals surface area (Å²) < 4.78 is 7.72. The summed E-state index contributed by atoms with van der Waals surface area (Å²) in [4.78, 5) is 2.35. The third kappa shape index (κ3) is 3.28. The highest BCUT2D eigenvalue weighted by molar-refractivity contribution is 6.31. The molecule has 1 aliphatic heterocycles. The van der Waals surface area contributed by atoms with Gasteiger partial charge in [-0.1, -0.05) is 25.4 Å². The van der Waals surface area contributed by atoms with E-state index in [1.165, 1.54) is 0 Å². The zero-order valence-electron chi connectivity index (χ0n) is 11.7. The second kappa shape index (κ2) is 6.70. The molecule has 0 amide bonds. The van der Waals surface area contributed by atoms with Crippen LogP contribution in [0.25, 0.3) is 0 Å². The lowest BCUT2D eigenvalue weighted by atomic mass is 10.1. The Morgan fingerprint density at radius 3 is 3.05 bits per heavy atom. The van der Waals surface area contributed by atoms with Crippen LogP contribution in [0.5, 0.6) is 0 Å². The Morgan fingerprint density at radius 1 is 1.58 bits per heavy atom. The van der Waals surface area contributed by atoms with Crippen LogP contribution in [-0.4, -0.2) is 47.0 Å². The standard InChI is InChI=1S/C13H23ClN4O/c1-3-5-18-13(10(14)8-16-18)12(15)11-9-17(4-2)6-7-19-11/h8,11-12H,3-7,9,15H2,1-2H3. The third-order valence-corrected chi connectivity index (χ3v) is 3.90. The molecule has 0 spiro atoms. The van der Waals surface area contributed by atoms with Gasteiger partial charge in [0, 0.05) is 19.6 Å². The van der Waals surface area contributed by atoms with E-state index in [0.29, 0.717) is 5.02 Å². The topological polar surface area (TPSA) is 56.3 Å². The number of hydrogen-bond donors (Lipinski definition) is 1. The molecule has 5 nitrogen and oxygen atoms in total. The van der Waals surface area contributed by atoms with E-state index >= 15 is 0 Å². The number of hydrogen-bond acceptors (Lipinski definition) is 4. The van der Waals surface area contributed by atoms with Gasteiger partial charge in [0.2, 0.25) is 0 Å². The molecule has 2 rings (SSSR count). The smallest absolute Gasteiger partial charge is 0.0910 e. The monoisotopic (exact) mass is 286 g/mol. The molecule has 2 heterocycles. The van der Waals surface area contributed by atoms with Crippen molar-refractivity contribution < 1.29 is 4.74 Å². The van der Waals surface area contributed by atoms with E-state index < -0.39 is 0 Å². The molecule has 1 aromatic heterocycles. The second-order valence-electron chi connectivity index (χ2n) is 4.93. The van der Waals surface area contributed by atoms with Crippen molar-refractivity contribution in [1.29, 1.82) is 0 Å². The van der Waals surface area contributed by atoms with Crippen molar-refractivity contribution in [3.05, 3.63) is 16.9 Å². The number of ether oxygens (including phenoxy) is 1. The molecule has 1 aliphatic rings. The average molecular weight is 287 g/mol. The summed E-state index contributed by atoms with van der Waals surface area (Å²) in [5.74, 6) is 0. The highest BCUT2D eigenvalue weighted by Gasteiger charge is 2.29. The summed E-state index contributed by atoms with van der Waals surface area (Å²) in [6.45, 7) is 8.68. The molecule has 1 aromatic rings. The number of rotatable bonds is 5. The third-order valence-electron chi connectivity index (χ3n) is 3.61. The van der Waals surface area contributed by atoms with Crippen LogP contribution < -0.4 is 5.73 Å². The lowest BCUT2D eigenvalue weighted by molar-refractivity contribution is -0.0404. The molecule has 1 saturated heterocycles. The summed E-state index contributed by atoms with van der Waals surface area (Å²) >= 11 is 6.23. The van der Waals surface area contributed by atoms with Gasteiger partial charge in [0.05, 0.1) is 35.7 Å². The van der Waals surface area contributed by atoms with Gasteiger partial charge in [0.1, 0.15) is 0 Å². The van der Waals surface area contributed by atoms with Gasteiger partial charge in [-0.05, 0) is 13.0 Å². The van der Waals surface area contributed by atoms with Crippen molar-refractivity contribution in [2.45, 2.75) is 39.0 Å². The SMILES string of the molecule is CCCn1ncc(Cl)c1C(N)C1CN(CC)CCO1. The van der Waals surface area contributed by atoms with Crippen LogP contribution in [0.3, 0.4) is 0 Å². The molecule has 0 saturated carbocycles. The minimum Gasteiger partial charge on any atom is -0.374 e. The maximum absolute atomic E-state index is 6.37. The molecule has 0 bridgehead atoms. The molecule has 2 N–H and O–H groups in total. The van der Waals surface area contributed by atoms with Gasteiger partial charge in [-0.3, -0.25) is 9.58 Å². The quantitative estimate of drug-likeness (QED) is 0.894. The summed E-state index contributed by atoms with van der Waals surface area (Å²) in [5.41, 5.74) is 7.26. The Morgan fingerprint density at radius 2 is 2.37 bits per heavy atom. The molecule has 0 radical (unpaired) electrons. The number of aromatic nitrogens is 2. The van der Waals surface area contributed by atoms with Crippen molar-refractivity contribution in [2.75, 3.05) is 26.2 Å². The molecule has 108 valence electrons. The summed E-state index contributed by atoms with van der Waals surface area (Å²) in [7, 11) is 0. The van der Waals surface area contributed by atoms with Crippen LogP contribution in [0.1, 0.15) is 32.0 Å². The van der Waals surface area contributed by atoms with Gasteiger partial charge in [-0.15, -0.1) is 0 Å². The first-order valence-electron chi connectivity index (χ1n) is 6.98. The predicted molar refractivity (Wildman–Crippen MR) is 76.3 cm³/mol. The first-order valence-corrected chi connectivity index (χ1v) is 7.35. The number of halogens is 1. The fourth-order valence-electron chi connectivity index (χ4n) is 2.51. The normalized spacial score (nSPS) is 22.6. The Bertz CT molecular complexity index is 409. The van der Waals surface area contributed by atoms with Crippen LogP contribution in [0, 0.1) is 0 Å². The van der Waals surface area contributed by atoms with Gasteiger partial charge >= 0.3 is 0 Å². The van der Waals surface area contributed by atoms with Crippen LogP contribution >= 0.6 is 11.6 Å². The molecular weight excluding hydrogens is 264 g/mol. The van der Waals surface area contributed by atoms with E-state index in [-0.39, 0.29) is 12.1 Å². The fraction of sp³-hybridized carbons (Fsp3) is 0.769. The Balaban J connectivity index is 2.14. The van der Waals surface area contributed by atoms with Crippen molar-refractivity contribution in [3.63, 3.8) is 0 Å². The molecule has 1 fully saturated rings. The van der Waals surface area contributed by atoms with E-state index in [4.69, 9.17) is 22.1 Å². The van der Waals surface area contributed by atoms with E-state index in [1.807, 2.05) is 4.68 Å². The zero-order chi connectivity index (χ0) is 13.8. The predicted octanol–water partition coefficient (Wildman–Crippen LogP) is 1.67. The number of nitrogens with zero attached hydrogens (tertiary/aromatic N) is 3. The van der Waals surface area contributed by atoms with E-state index in [1.54, 1.807) is 6.20 Å². The van der Waals surface area contributed by atoms with E-state index in [9.17, 15) is 0 Å². The number of aryl methyl sites for hydroxylation is 1. The van der Waals surface area contributed by atoms with Gasteiger partial charge in [-0.25, -0.2) is 0 Å². The van der Waals surface area contributed by atoms with Gasteiger partial charge < -0.3 is 10.5 Å². The molecule has 2 unspecified atom stereocenters. The number of likely N-dealkylation sites (N-methyl/N-ethyl adjacent to an activating group) is 1. The minimum atomic E-state index is -0.226. The van der Waals surface area contributed by atoms with Crippen LogP contribution in [0.4, 0.5) is 0 Å². The highest BCUT2D eigenvalue weighted by Crippen LogP contribution is 2.26. The highest BCUT2D eigenvalue weighted by atomic mass is 35.5. The van der Waals surface area contributed by atoms with E-state index in [2.05, 4.69) is 23.8 Å². The number of morpholine rings is 1. The van der Waals surface area contributed by atoms with Crippen molar-refractivity contribution in [3.8, 4) is 0 Å². The van der Waals surface area contributed by atoms with Gasteiger partial charge in [0.15, 0.2) is 0 Å². The molecule has 0 aliphatic carbocycles. The lowest BCUT2D eigenvalue weighted by Gasteiger charge is -2.35. The summed E-state index contributed by atoms with van der Waals surface area (Å²) in [6.07, 6.45) is 2.66. The Hall–Kier alpha value is -0.620. The van der Waals surface area contributed by atoms with Crippen molar-refractivity contribution in [1.82, 2.24) is 14.7 Å². The van der Waals surface area contributed by atoms with Crippen molar-refractivity contribution >= 4 is 11.6 Å². The average Bonchev–Trinajstić information content (AvgIpc) is 2.79. The van der Waals surface area contributed by atoms with Gasteiger partial charge in [0.25, 0.3) is 0 Å². The van der Waals surface area contributed by atoms with Crippen molar-refractivity contribution in [2.24, 2.45) is 5.73 Å². The van der Waals surface area contributed by atoms with Crippen LogP contribution in [0.15, 0.2) is 6.20 Å². The zero-order valence-corrected chi connectivity index (χ0v) is 12.4. The van der Waals surface area contributed by atoms with E-state index in [0.717, 1.165) is 44.9 Å². The first-order chi connectivity index (χ1) is 9.17. The van der Waals surface area contributed by atoms with Gasteiger partial charge in [-0.2, -0.15) is 5.10 Å². The van der Waals surface area contributed by atoms with Crippen LogP contribution in [0.2, 0.25) is 5.02 Å². The second-order valence-corrected chi connectivity index (χ2v) is 5.34. The molecule has 0 aromatic carbocycles. The summed E-state index contributed by atoms with van der Waals surface area (Å²) in [6, 6.07) is -0.226.